The summed E-state index contributed by atoms with van der Waals surface area (Å²) in [6.45, 7) is 2.18. The van der Waals surface area contributed by atoms with E-state index in [-0.39, 0.29) is 23.7 Å². The molecule has 2 aliphatic rings. The summed E-state index contributed by atoms with van der Waals surface area (Å²) in [7, 11) is 0. The van der Waals surface area contributed by atoms with Crippen LogP contribution in [0.25, 0.3) is 0 Å². The maximum Gasteiger partial charge on any atom is 0.573 e. The Balaban J connectivity index is 1.50. The Morgan fingerprint density at radius 1 is 1.42 bits per heavy atom. The SMILES string of the molecule is O=C(CC1CSCCN1)NC1CCN(c2cccc(OC(F)(F)F)c2)C1. The van der Waals surface area contributed by atoms with E-state index >= 15 is 0 Å². The molecule has 1 aromatic carbocycles. The summed E-state index contributed by atoms with van der Waals surface area (Å²) in [5.41, 5.74) is 0.661. The first-order valence-electron chi connectivity index (χ1n) is 8.60. The van der Waals surface area contributed by atoms with Gasteiger partial charge in [-0.3, -0.25) is 4.79 Å². The molecular weight excluding hydrogens is 367 g/mol. The van der Waals surface area contributed by atoms with Gasteiger partial charge in [-0.2, -0.15) is 11.8 Å². The van der Waals surface area contributed by atoms with E-state index < -0.39 is 6.36 Å². The maximum absolute atomic E-state index is 12.4. The van der Waals surface area contributed by atoms with Crippen molar-refractivity contribution in [2.45, 2.75) is 31.3 Å². The van der Waals surface area contributed by atoms with Crippen molar-refractivity contribution < 1.29 is 22.7 Å². The Morgan fingerprint density at radius 3 is 3.00 bits per heavy atom. The van der Waals surface area contributed by atoms with Crippen molar-refractivity contribution in [1.82, 2.24) is 10.6 Å². The Morgan fingerprint density at radius 2 is 2.27 bits per heavy atom. The van der Waals surface area contributed by atoms with E-state index in [2.05, 4.69) is 15.4 Å². The molecule has 0 saturated carbocycles. The molecule has 2 heterocycles. The highest BCUT2D eigenvalue weighted by molar-refractivity contribution is 7.99. The zero-order valence-corrected chi connectivity index (χ0v) is 15.0. The Labute approximate surface area is 154 Å². The molecule has 26 heavy (non-hydrogen) atoms. The molecule has 2 saturated heterocycles. The first-order valence-corrected chi connectivity index (χ1v) is 9.76. The molecule has 2 unspecified atom stereocenters. The number of hydrogen-bond donors (Lipinski definition) is 2. The van der Waals surface area contributed by atoms with Crippen molar-refractivity contribution in [3.8, 4) is 5.75 Å². The lowest BCUT2D eigenvalue weighted by atomic mass is 10.2. The highest BCUT2D eigenvalue weighted by Gasteiger charge is 2.31. The second kappa shape index (κ2) is 8.39. The molecular formula is C17H22F3N3O2S. The number of nitrogens with one attached hydrogen (secondary N) is 2. The van der Waals surface area contributed by atoms with Gasteiger partial charge in [-0.15, -0.1) is 13.2 Å². The van der Waals surface area contributed by atoms with E-state index in [1.807, 2.05) is 16.7 Å². The molecule has 2 atom stereocenters. The van der Waals surface area contributed by atoms with Crippen molar-refractivity contribution in [2.24, 2.45) is 0 Å². The highest BCUT2D eigenvalue weighted by Crippen LogP contribution is 2.28. The minimum absolute atomic E-state index is 0.00549. The van der Waals surface area contributed by atoms with Crippen molar-refractivity contribution in [1.29, 1.82) is 0 Å². The van der Waals surface area contributed by atoms with Gasteiger partial charge in [-0.25, -0.2) is 0 Å². The lowest BCUT2D eigenvalue weighted by Crippen LogP contribution is -2.44. The monoisotopic (exact) mass is 389 g/mol. The molecule has 2 aliphatic heterocycles. The van der Waals surface area contributed by atoms with Crippen LogP contribution in [0.4, 0.5) is 18.9 Å². The zero-order valence-electron chi connectivity index (χ0n) is 14.2. The molecule has 0 radical (unpaired) electrons. The third-order valence-corrected chi connectivity index (χ3v) is 5.53. The largest absolute Gasteiger partial charge is 0.573 e. The lowest BCUT2D eigenvalue weighted by Gasteiger charge is -2.24. The van der Waals surface area contributed by atoms with Gasteiger partial charge in [0.1, 0.15) is 5.75 Å². The molecule has 2 fully saturated rings. The van der Waals surface area contributed by atoms with Crippen LogP contribution in [0.15, 0.2) is 24.3 Å². The number of ether oxygens (including phenoxy) is 1. The van der Waals surface area contributed by atoms with Gasteiger partial charge >= 0.3 is 6.36 Å². The van der Waals surface area contributed by atoms with Crippen LogP contribution in [-0.4, -0.2) is 55.5 Å². The van der Waals surface area contributed by atoms with Crippen molar-refractivity contribution in [3.05, 3.63) is 24.3 Å². The third-order valence-electron chi connectivity index (χ3n) is 4.40. The van der Waals surface area contributed by atoms with Gasteiger partial charge in [0.05, 0.1) is 0 Å². The van der Waals surface area contributed by atoms with Crippen LogP contribution < -0.4 is 20.3 Å². The molecule has 0 aromatic heterocycles. The first kappa shape index (κ1) is 19.2. The quantitative estimate of drug-likeness (QED) is 0.810. The Bertz CT molecular complexity index is 624. The fourth-order valence-electron chi connectivity index (χ4n) is 3.25. The van der Waals surface area contributed by atoms with Crippen molar-refractivity contribution in [2.75, 3.05) is 36.0 Å². The van der Waals surface area contributed by atoms with Gasteiger partial charge in [-0.05, 0) is 18.6 Å². The number of anilines is 1. The van der Waals surface area contributed by atoms with Gasteiger partial charge in [-0.1, -0.05) is 6.07 Å². The van der Waals surface area contributed by atoms with Crippen LogP contribution in [0.1, 0.15) is 12.8 Å². The van der Waals surface area contributed by atoms with E-state index in [0.29, 0.717) is 25.2 Å². The van der Waals surface area contributed by atoms with Gasteiger partial charge in [0, 0.05) is 61.4 Å². The smallest absolute Gasteiger partial charge is 0.406 e. The average Bonchev–Trinajstić information content (AvgIpc) is 3.03. The summed E-state index contributed by atoms with van der Waals surface area (Å²) < 4.78 is 41.0. The van der Waals surface area contributed by atoms with Gasteiger partial charge in [0.25, 0.3) is 0 Å². The first-order chi connectivity index (χ1) is 12.4. The van der Waals surface area contributed by atoms with Crippen LogP contribution in [0, 0.1) is 0 Å². The number of carbonyl (C=O) groups is 1. The van der Waals surface area contributed by atoms with E-state index in [1.54, 1.807) is 6.07 Å². The number of rotatable bonds is 5. The topological polar surface area (TPSA) is 53.6 Å². The standard InChI is InChI=1S/C17H22F3N3O2S/c18-17(19,20)25-15-3-1-2-14(9-15)23-6-4-12(10-23)22-16(24)8-13-11-26-7-5-21-13/h1-3,9,12-13,21H,4-8,10-11H2,(H,22,24). The summed E-state index contributed by atoms with van der Waals surface area (Å²) in [6, 6.07) is 6.15. The molecule has 9 heteroatoms. The summed E-state index contributed by atoms with van der Waals surface area (Å²) in [5, 5.41) is 6.37. The molecule has 0 bridgehead atoms. The predicted molar refractivity (Wildman–Crippen MR) is 95.6 cm³/mol. The van der Waals surface area contributed by atoms with Crippen LogP contribution in [-0.2, 0) is 4.79 Å². The highest BCUT2D eigenvalue weighted by atomic mass is 32.2. The number of alkyl halides is 3. The van der Waals surface area contributed by atoms with Crippen LogP contribution >= 0.6 is 11.8 Å². The molecule has 2 N–H and O–H groups in total. The number of nitrogens with zero attached hydrogens (tertiary/aromatic N) is 1. The minimum Gasteiger partial charge on any atom is -0.406 e. The van der Waals surface area contributed by atoms with E-state index in [1.165, 1.54) is 18.2 Å². The molecule has 3 rings (SSSR count). The van der Waals surface area contributed by atoms with Crippen LogP contribution in [0.5, 0.6) is 5.75 Å². The molecule has 0 aliphatic carbocycles. The van der Waals surface area contributed by atoms with Gasteiger partial charge in [0.15, 0.2) is 0 Å². The van der Waals surface area contributed by atoms with Crippen molar-refractivity contribution in [3.63, 3.8) is 0 Å². The molecule has 1 aromatic rings. The summed E-state index contributed by atoms with van der Waals surface area (Å²) in [5.74, 6) is 1.80. The average molecular weight is 389 g/mol. The molecule has 0 spiro atoms. The lowest BCUT2D eigenvalue weighted by molar-refractivity contribution is -0.274. The number of thioether (sulfide) groups is 1. The van der Waals surface area contributed by atoms with E-state index in [0.717, 1.165) is 24.5 Å². The Hall–Kier alpha value is -1.61. The minimum atomic E-state index is -4.70. The third kappa shape index (κ3) is 5.70. The van der Waals surface area contributed by atoms with Gasteiger partial charge in [0.2, 0.25) is 5.91 Å². The number of hydrogen-bond acceptors (Lipinski definition) is 5. The Kier molecular flexibility index (Phi) is 6.18. The summed E-state index contributed by atoms with van der Waals surface area (Å²) in [4.78, 5) is 14.2. The zero-order chi connectivity index (χ0) is 18.6. The number of amides is 1. The molecule has 144 valence electrons. The van der Waals surface area contributed by atoms with E-state index in [9.17, 15) is 18.0 Å². The van der Waals surface area contributed by atoms with Crippen LogP contribution in [0.3, 0.4) is 0 Å². The predicted octanol–water partition coefficient (Wildman–Crippen LogP) is 2.38. The second-order valence-electron chi connectivity index (χ2n) is 6.47. The molecule has 1 amide bonds. The second-order valence-corrected chi connectivity index (χ2v) is 7.62. The van der Waals surface area contributed by atoms with Gasteiger partial charge < -0.3 is 20.3 Å². The summed E-state index contributed by atoms with van der Waals surface area (Å²) in [6.07, 6.45) is -3.48. The number of benzene rings is 1. The molecule has 5 nitrogen and oxygen atoms in total. The van der Waals surface area contributed by atoms with Crippen molar-refractivity contribution >= 4 is 23.4 Å². The summed E-state index contributed by atoms with van der Waals surface area (Å²) >= 11 is 1.85. The maximum atomic E-state index is 12.4. The van der Waals surface area contributed by atoms with E-state index in [4.69, 9.17) is 0 Å². The number of carbonyl (C=O) groups excluding carboxylic acids is 1. The fourth-order valence-corrected chi connectivity index (χ4v) is 4.20. The van der Waals surface area contributed by atoms with Crippen LogP contribution in [0.2, 0.25) is 0 Å². The number of halogens is 3. The fraction of sp³-hybridized carbons (Fsp3) is 0.588. The normalized spacial score (nSPS) is 23.7.